The van der Waals surface area contributed by atoms with Crippen LogP contribution in [-0.2, 0) is 6.54 Å². The minimum absolute atomic E-state index is 0.206. The van der Waals surface area contributed by atoms with Crippen molar-refractivity contribution < 1.29 is 9.21 Å². The van der Waals surface area contributed by atoms with Gasteiger partial charge in [0.15, 0.2) is 5.76 Å². The number of rotatable bonds is 5. The van der Waals surface area contributed by atoms with Gasteiger partial charge in [-0.3, -0.25) is 9.78 Å². The summed E-state index contributed by atoms with van der Waals surface area (Å²) in [6.45, 7) is 2.62. The van der Waals surface area contributed by atoms with E-state index in [-0.39, 0.29) is 12.3 Å². The van der Waals surface area contributed by atoms with Gasteiger partial charge < -0.3 is 9.32 Å². The Kier molecular flexibility index (Phi) is 4.57. The van der Waals surface area contributed by atoms with Crippen molar-refractivity contribution in [3.8, 4) is 6.07 Å². The fourth-order valence-corrected chi connectivity index (χ4v) is 2.67. The number of benzene rings is 1. The molecule has 120 valence electrons. The fraction of sp³-hybridized carbons (Fsp3) is 0.211. The molecule has 0 spiro atoms. The Balaban J connectivity index is 1.92. The van der Waals surface area contributed by atoms with E-state index in [0.29, 0.717) is 24.4 Å². The predicted octanol–water partition coefficient (Wildman–Crippen LogP) is 3.69. The van der Waals surface area contributed by atoms with Gasteiger partial charge in [0, 0.05) is 36.4 Å². The molecule has 0 unspecified atom stereocenters. The summed E-state index contributed by atoms with van der Waals surface area (Å²) >= 11 is 0. The van der Waals surface area contributed by atoms with Crippen LogP contribution < -0.4 is 0 Å². The van der Waals surface area contributed by atoms with Gasteiger partial charge in [-0.05, 0) is 24.6 Å². The maximum absolute atomic E-state index is 12.9. The van der Waals surface area contributed by atoms with Gasteiger partial charge in [-0.25, -0.2) is 0 Å². The second-order valence-electron chi connectivity index (χ2n) is 5.55. The Morgan fingerprint density at radius 1 is 1.29 bits per heavy atom. The third-order valence-corrected chi connectivity index (χ3v) is 3.91. The molecule has 0 aliphatic heterocycles. The van der Waals surface area contributed by atoms with Crippen molar-refractivity contribution in [3.63, 3.8) is 0 Å². The van der Waals surface area contributed by atoms with E-state index in [4.69, 9.17) is 9.68 Å². The first-order chi connectivity index (χ1) is 11.7. The van der Waals surface area contributed by atoms with Crippen molar-refractivity contribution in [3.05, 3.63) is 65.7 Å². The summed E-state index contributed by atoms with van der Waals surface area (Å²) in [6.07, 6.45) is 3.68. The van der Waals surface area contributed by atoms with E-state index < -0.39 is 0 Å². The molecule has 24 heavy (non-hydrogen) atoms. The summed E-state index contributed by atoms with van der Waals surface area (Å²) in [5, 5.41) is 9.81. The molecule has 1 amide bonds. The number of carbonyl (C=O) groups excluding carboxylic acids is 1. The topological polar surface area (TPSA) is 70.1 Å². The van der Waals surface area contributed by atoms with Crippen molar-refractivity contribution in [2.45, 2.75) is 19.9 Å². The van der Waals surface area contributed by atoms with Crippen LogP contribution in [-0.4, -0.2) is 22.3 Å². The van der Waals surface area contributed by atoms with Crippen LogP contribution in [0.4, 0.5) is 0 Å². The molecule has 0 saturated heterocycles. The van der Waals surface area contributed by atoms with Crippen LogP contribution in [0.5, 0.6) is 0 Å². The SMILES string of the molecule is Cc1c(C(=O)N(CCC#N)Cc2cccnc2)oc2ccccc12. The number of fused-ring (bicyclic) bond motifs is 1. The molecule has 2 aromatic heterocycles. The molecule has 0 fully saturated rings. The lowest BCUT2D eigenvalue weighted by atomic mass is 10.1. The van der Waals surface area contributed by atoms with E-state index in [1.54, 1.807) is 17.3 Å². The number of hydrogen-bond acceptors (Lipinski definition) is 4. The highest BCUT2D eigenvalue weighted by Gasteiger charge is 2.23. The summed E-state index contributed by atoms with van der Waals surface area (Å²) in [7, 11) is 0. The maximum Gasteiger partial charge on any atom is 0.290 e. The van der Waals surface area contributed by atoms with Gasteiger partial charge in [-0.2, -0.15) is 5.26 Å². The smallest absolute Gasteiger partial charge is 0.290 e. The molecule has 0 N–H and O–H groups in total. The molecule has 5 nitrogen and oxygen atoms in total. The van der Waals surface area contributed by atoms with Crippen molar-refractivity contribution in [1.82, 2.24) is 9.88 Å². The highest BCUT2D eigenvalue weighted by atomic mass is 16.3. The zero-order chi connectivity index (χ0) is 16.9. The molecule has 0 saturated carbocycles. The molecule has 3 aromatic rings. The average Bonchev–Trinajstić information content (AvgIpc) is 2.96. The summed E-state index contributed by atoms with van der Waals surface area (Å²) < 4.78 is 5.77. The Morgan fingerprint density at radius 3 is 2.83 bits per heavy atom. The number of nitrogens with zero attached hydrogens (tertiary/aromatic N) is 3. The van der Waals surface area contributed by atoms with Gasteiger partial charge in [0.2, 0.25) is 0 Å². The number of para-hydroxylation sites is 1. The third-order valence-electron chi connectivity index (χ3n) is 3.91. The van der Waals surface area contributed by atoms with Gasteiger partial charge in [0.05, 0.1) is 12.5 Å². The molecular weight excluding hydrogens is 302 g/mol. The standard InChI is InChI=1S/C19H17N3O2/c1-14-16-7-2-3-8-17(16)24-18(14)19(23)22(11-5-9-20)13-15-6-4-10-21-12-15/h2-4,6-8,10,12H,5,11,13H2,1H3. The number of amides is 1. The Labute approximate surface area is 140 Å². The third kappa shape index (κ3) is 3.13. The first kappa shape index (κ1) is 15.8. The summed E-state index contributed by atoms with van der Waals surface area (Å²) in [6, 6.07) is 13.4. The van der Waals surface area contributed by atoms with E-state index >= 15 is 0 Å². The molecule has 0 aliphatic carbocycles. The lowest BCUT2D eigenvalue weighted by molar-refractivity contribution is 0.0716. The molecule has 3 rings (SSSR count). The van der Waals surface area contributed by atoms with Crippen LogP contribution in [0.3, 0.4) is 0 Å². The maximum atomic E-state index is 12.9. The number of aromatic nitrogens is 1. The highest BCUT2D eigenvalue weighted by Crippen LogP contribution is 2.26. The largest absolute Gasteiger partial charge is 0.451 e. The first-order valence-corrected chi connectivity index (χ1v) is 7.74. The Morgan fingerprint density at radius 2 is 2.12 bits per heavy atom. The molecule has 5 heteroatoms. The minimum Gasteiger partial charge on any atom is -0.451 e. The Hall–Kier alpha value is -3.13. The fourth-order valence-electron chi connectivity index (χ4n) is 2.67. The summed E-state index contributed by atoms with van der Waals surface area (Å²) in [5.74, 6) is 0.126. The van der Waals surface area contributed by atoms with E-state index in [1.165, 1.54) is 0 Å². The normalized spacial score (nSPS) is 10.5. The molecule has 0 aliphatic rings. The van der Waals surface area contributed by atoms with Crippen molar-refractivity contribution >= 4 is 16.9 Å². The molecule has 0 bridgehead atoms. The Bertz CT molecular complexity index is 894. The number of hydrogen-bond donors (Lipinski definition) is 0. The second kappa shape index (κ2) is 6.97. The predicted molar refractivity (Wildman–Crippen MR) is 90.2 cm³/mol. The molecular formula is C19H17N3O2. The average molecular weight is 319 g/mol. The van der Waals surface area contributed by atoms with E-state index in [0.717, 1.165) is 16.5 Å². The first-order valence-electron chi connectivity index (χ1n) is 7.74. The lowest BCUT2D eigenvalue weighted by Crippen LogP contribution is -2.31. The van der Waals surface area contributed by atoms with Gasteiger partial charge in [-0.1, -0.05) is 24.3 Å². The number of aryl methyl sites for hydroxylation is 1. The van der Waals surface area contributed by atoms with Gasteiger partial charge in [0.25, 0.3) is 5.91 Å². The van der Waals surface area contributed by atoms with Crippen LogP contribution in [0.2, 0.25) is 0 Å². The van der Waals surface area contributed by atoms with Crippen LogP contribution in [0, 0.1) is 18.3 Å². The lowest BCUT2D eigenvalue weighted by Gasteiger charge is -2.20. The quantitative estimate of drug-likeness (QED) is 0.719. The van der Waals surface area contributed by atoms with Crippen molar-refractivity contribution in [2.75, 3.05) is 6.54 Å². The van der Waals surface area contributed by atoms with Crippen molar-refractivity contribution in [1.29, 1.82) is 5.26 Å². The van der Waals surface area contributed by atoms with Gasteiger partial charge in [0.1, 0.15) is 5.58 Å². The van der Waals surface area contributed by atoms with Crippen LogP contribution >= 0.6 is 0 Å². The second-order valence-corrected chi connectivity index (χ2v) is 5.55. The van der Waals surface area contributed by atoms with Crippen LogP contribution in [0.1, 0.15) is 28.1 Å². The zero-order valence-electron chi connectivity index (χ0n) is 13.4. The van der Waals surface area contributed by atoms with Crippen LogP contribution in [0.25, 0.3) is 11.0 Å². The molecule has 2 heterocycles. The van der Waals surface area contributed by atoms with E-state index in [2.05, 4.69) is 11.1 Å². The van der Waals surface area contributed by atoms with Gasteiger partial charge in [-0.15, -0.1) is 0 Å². The minimum atomic E-state index is -0.206. The molecule has 1 aromatic carbocycles. The monoisotopic (exact) mass is 319 g/mol. The van der Waals surface area contributed by atoms with E-state index in [9.17, 15) is 4.79 Å². The molecule has 0 radical (unpaired) electrons. The number of pyridine rings is 1. The summed E-state index contributed by atoms with van der Waals surface area (Å²) in [4.78, 5) is 18.7. The van der Waals surface area contributed by atoms with E-state index in [1.807, 2.05) is 43.3 Å². The number of nitriles is 1. The zero-order valence-corrected chi connectivity index (χ0v) is 13.4. The number of furan rings is 1. The molecule has 0 atom stereocenters. The summed E-state index contributed by atoms with van der Waals surface area (Å²) in [5.41, 5.74) is 2.43. The van der Waals surface area contributed by atoms with Crippen LogP contribution in [0.15, 0.2) is 53.2 Å². The number of carbonyl (C=O) groups is 1. The van der Waals surface area contributed by atoms with Crippen molar-refractivity contribution in [2.24, 2.45) is 0 Å². The van der Waals surface area contributed by atoms with Gasteiger partial charge >= 0.3 is 0 Å². The highest BCUT2D eigenvalue weighted by molar-refractivity contribution is 5.98.